The van der Waals surface area contributed by atoms with E-state index in [1.54, 1.807) is 0 Å². The summed E-state index contributed by atoms with van der Waals surface area (Å²) in [6.45, 7) is 0. The summed E-state index contributed by atoms with van der Waals surface area (Å²) in [5.41, 5.74) is -0.742. The summed E-state index contributed by atoms with van der Waals surface area (Å²) in [6, 6.07) is 8.64. The third kappa shape index (κ3) is 5.75. The van der Waals surface area contributed by atoms with Crippen LogP contribution in [0.5, 0.6) is 23.0 Å². The van der Waals surface area contributed by atoms with Gasteiger partial charge in [0.2, 0.25) is 5.56 Å². The van der Waals surface area contributed by atoms with E-state index < -0.39 is 29.4 Å². The predicted molar refractivity (Wildman–Crippen MR) is 101 cm³/mol. The first-order valence-electron chi connectivity index (χ1n) is 8.56. The zero-order chi connectivity index (χ0) is 22.6. The number of amides is 1. The van der Waals surface area contributed by atoms with Gasteiger partial charge in [0.1, 0.15) is 17.3 Å². The van der Waals surface area contributed by atoms with Crippen LogP contribution in [0, 0.1) is 5.82 Å². The van der Waals surface area contributed by atoms with E-state index in [9.17, 15) is 27.2 Å². The van der Waals surface area contributed by atoms with Gasteiger partial charge in [-0.15, -0.1) is 13.2 Å². The van der Waals surface area contributed by atoms with E-state index in [2.05, 4.69) is 15.0 Å². The molecule has 0 fully saturated rings. The minimum Gasteiger partial charge on any atom is -0.493 e. The van der Waals surface area contributed by atoms with Gasteiger partial charge in [0, 0.05) is 24.0 Å². The minimum atomic E-state index is -4.98. The number of rotatable bonds is 6. The monoisotopic (exact) mass is 438 g/mol. The molecule has 31 heavy (non-hydrogen) atoms. The highest BCUT2D eigenvalue weighted by atomic mass is 19.4. The molecule has 0 aliphatic rings. The smallest absolute Gasteiger partial charge is 0.493 e. The third-order valence-electron chi connectivity index (χ3n) is 3.81. The summed E-state index contributed by atoms with van der Waals surface area (Å²) >= 11 is 0. The fourth-order valence-electron chi connectivity index (χ4n) is 2.54. The molecule has 0 atom stereocenters. The number of carbonyl (C=O) groups is 1. The molecule has 0 saturated carbocycles. The molecule has 0 saturated heterocycles. The molecule has 1 heterocycles. The number of ether oxygens (including phenoxy) is 3. The highest BCUT2D eigenvalue weighted by molar-refractivity contribution is 6.06. The van der Waals surface area contributed by atoms with Crippen molar-refractivity contribution in [2.24, 2.45) is 0 Å². The number of hydrogen-bond donors (Lipinski definition) is 2. The quantitative estimate of drug-likeness (QED) is 0.555. The number of alkyl halides is 3. The number of halogens is 4. The van der Waals surface area contributed by atoms with Crippen molar-refractivity contribution in [1.29, 1.82) is 0 Å². The van der Waals surface area contributed by atoms with Crippen molar-refractivity contribution in [2.75, 3.05) is 12.4 Å². The zero-order valence-electron chi connectivity index (χ0n) is 15.7. The summed E-state index contributed by atoms with van der Waals surface area (Å²) in [7, 11) is 1.27. The minimum absolute atomic E-state index is 0.00318. The second-order valence-corrected chi connectivity index (χ2v) is 6.00. The lowest BCUT2D eigenvalue weighted by Gasteiger charge is -2.16. The van der Waals surface area contributed by atoms with Crippen LogP contribution in [0.2, 0.25) is 0 Å². The van der Waals surface area contributed by atoms with Gasteiger partial charge in [-0.25, -0.2) is 4.39 Å². The molecule has 2 aromatic carbocycles. The maximum Gasteiger partial charge on any atom is 0.573 e. The van der Waals surface area contributed by atoms with Crippen LogP contribution in [0.15, 0.2) is 59.5 Å². The number of methoxy groups -OCH3 is 1. The van der Waals surface area contributed by atoms with Crippen molar-refractivity contribution in [3.8, 4) is 23.0 Å². The van der Waals surface area contributed by atoms with E-state index in [0.717, 1.165) is 36.4 Å². The summed E-state index contributed by atoms with van der Waals surface area (Å²) in [5.74, 6) is -2.31. The number of nitrogens with one attached hydrogen (secondary N) is 2. The molecule has 1 amide bonds. The van der Waals surface area contributed by atoms with Crippen LogP contribution < -0.4 is 25.1 Å². The summed E-state index contributed by atoms with van der Waals surface area (Å²) < 4.78 is 65.7. The molecule has 162 valence electrons. The number of anilines is 1. The molecule has 0 spiro atoms. The fourth-order valence-corrected chi connectivity index (χ4v) is 2.54. The van der Waals surface area contributed by atoms with Crippen LogP contribution in [0.4, 0.5) is 23.2 Å². The van der Waals surface area contributed by atoms with Gasteiger partial charge in [-0.1, -0.05) is 0 Å². The first kappa shape index (κ1) is 21.7. The number of benzene rings is 2. The Kier molecular flexibility index (Phi) is 6.14. The van der Waals surface area contributed by atoms with Gasteiger partial charge in [0.15, 0.2) is 11.5 Å². The van der Waals surface area contributed by atoms with Crippen molar-refractivity contribution < 1.29 is 36.6 Å². The number of aromatic nitrogens is 1. The van der Waals surface area contributed by atoms with Gasteiger partial charge in [-0.2, -0.15) is 0 Å². The lowest BCUT2D eigenvalue weighted by molar-refractivity contribution is -0.274. The first-order valence-corrected chi connectivity index (χ1v) is 8.56. The molecule has 0 unspecified atom stereocenters. The topological polar surface area (TPSA) is 89.7 Å². The maximum absolute atomic E-state index is 13.4. The van der Waals surface area contributed by atoms with Gasteiger partial charge in [-0.05, 0) is 36.4 Å². The Morgan fingerprint density at radius 3 is 2.42 bits per heavy atom. The number of carbonyl (C=O) groups excluding carboxylic acids is 1. The van der Waals surface area contributed by atoms with Crippen LogP contribution in [0.25, 0.3) is 0 Å². The molecular formula is C20H14F4N2O5. The summed E-state index contributed by atoms with van der Waals surface area (Å²) in [6.07, 6.45) is -3.70. The molecule has 11 heteroatoms. The Morgan fingerprint density at radius 1 is 1.00 bits per heavy atom. The van der Waals surface area contributed by atoms with Crippen molar-refractivity contribution in [1.82, 2.24) is 4.98 Å². The molecule has 0 radical (unpaired) electrons. The van der Waals surface area contributed by atoms with Crippen molar-refractivity contribution >= 4 is 11.6 Å². The fraction of sp³-hybridized carbons (Fsp3) is 0.100. The van der Waals surface area contributed by atoms with E-state index in [-0.39, 0.29) is 28.5 Å². The van der Waals surface area contributed by atoms with Crippen molar-refractivity contribution in [3.63, 3.8) is 0 Å². The lowest BCUT2D eigenvalue weighted by Crippen LogP contribution is -2.19. The number of hydrogen-bond acceptors (Lipinski definition) is 5. The van der Waals surface area contributed by atoms with Gasteiger partial charge in [0.05, 0.1) is 12.7 Å². The maximum atomic E-state index is 13.4. The van der Waals surface area contributed by atoms with Crippen LogP contribution >= 0.6 is 0 Å². The van der Waals surface area contributed by atoms with Gasteiger partial charge in [0.25, 0.3) is 5.91 Å². The highest BCUT2D eigenvalue weighted by Gasteiger charge is 2.32. The Balaban J connectivity index is 1.99. The van der Waals surface area contributed by atoms with E-state index >= 15 is 0 Å². The molecule has 3 aromatic rings. The Bertz CT molecular complexity index is 1160. The van der Waals surface area contributed by atoms with Crippen molar-refractivity contribution in [2.45, 2.75) is 6.36 Å². The number of pyridine rings is 1. The van der Waals surface area contributed by atoms with Gasteiger partial charge in [-0.3, -0.25) is 9.59 Å². The van der Waals surface area contributed by atoms with E-state index in [1.807, 2.05) is 0 Å². The standard InChI is InChI=1S/C20H14F4N2O5/c1-29-17-8-11(21)2-4-16(17)30-15-5-3-13(31-20(22,23)24)10-14(15)19(28)26-12-6-7-25-18(27)9-12/h2-10H,1H3,(H2,25,26,27,28). The van der Waals surface area contributed by atoms with Crippen LogP contribution in [-0.2, 0) is 0 Å². The zero-order valence-corrected chi connectivity index (χ0v) is 15.7. The summed E-state index contributed by atoms with van der Waals surface area (Å²) in [5, 5.41) is 2.39. The Morgan fingerprint density at radius 2 is 1.74 bits per heavy atom. The molecule has 7 nitrogen and oxygen atoms in total. The van der Waals surface area contributed by atoms with E-state index in [1.165, 1.54) is 25.4 Å². The second-order valence-electron chi connectivity index (χ2n) is 6.00. The van der Waals surface area contributed by atoms with E-state index in [0.29, 0.717) is 0 Å². The second kappa shape index (κ2) is 8.78. The average molecular weight is 438 g/mol. The number of H-pyrrole nitrogens is 1. The first-order chi connectivity index (χ1) is 14.6. The molecule has 2 N–H and O–H groups in total. The van der Waals surface area contributed by atoms with Crippen molar-refractivity contribution in [3.05, 3.63) is 76.5 Å². The molecular weight excluding hydrogens is 424 g/mol. The lowest BCUT2D eigenvalue weighted by atomic mass is 10.1. The summed E-state index contributed by atoms with van der Waals surface area (Å²) in [4.78, 5) is 26.5. The van der Waals surface area contributed by atoms with Gasteiger partial charge >= 0.3 is 6.36 Å². The third-order valence-corrected chi connectivity index (χ3v) is 3.81. The average Bonchev–Trinajstić information content (AvgIpc) is 2.69. The van der Waals surface area contributed by atoms with Crippen LogP contribution in [-0.4, -0.2) is 24.4 Å². The normalized spacial score (nSPS) is 11.0. The number of aromatic amines is 1. The molecule has 1 aromatic heterocycles. The Labute approximate surface area is 172 Å². The molecule has 0 aliphatic carbocycles. The Hall–Kier alpha value is -4.02. The highest BCUT2D eigenvalue weighted by Crippen LogP contribution is 2.36. The largest absolute Gasteiger partial charge is 0.573 e. The van der Waals surface area contributed by atoms with Crippen LogP contribution in [0.3, 0.4) is 0 Å². The molecule has 0 bridgehead atoms. The van der Waals surface area contributed by atoms with Crippen LogP contribution in [0.1, 0.15) is 10.4 Å². The SMILES string of the molecule is COc1cc(F)ccc1Oc1ccc(OC(F)(F)F)cc1C(=O)Nc1cc[nH]c(=O)c1. The predicted octanol–water partition coefficient (Wildman–Crippen LogP) is 4.47. The van der Waals surface area contributed by atoms with E-state index in [4.69, 9.17) is 9.47 Å². The molecule has 3 rings (SSSR count). The van der Waals surface area contributed by atoms with Gasteiger partial charge < -0.3 is 24.5 Å². The molecule has 0 aliphatic heterocycles.